The van der Waals surface area contributed by atoms with Gasteiger partial charge in [-0.25, -0.2) is 9.37 Å². The van der Waals surface area contributed by atoms with Crippen molar-refractivity contribution in [3.63, 3.8) is 0 Å². The van der Waals surface area contributed by atoms with Crippen LogP contribution in [0.15, 0.2) is 42.5 Å². The number of methoxy groups -OCH3 is 1. The number of rotatable bonds is 7. The Morgan fingerprint density at radius 2 is 2.00 bits per heavy atom. The molecule has 1 saturated carbocycles. The fraction of sp³-hybridized carbons (Fsp3) is 0.348. The molecular formula is C23H25FN2O2. The molecule has 1 unspecified atom stereocenters. The Bertz CT molecular complexity index is 1000. The highest BCUT2D eigenvalue weighted by Gasteiger charge is 2.22. The minimum atomic E-state index is -0.316. The second-order valence-electron chi connectivity index (χ2n) is 7.48. The number of para-hydroxylation sites is 1. The number of pyridine rings is 1. The molecule has 4 rings (SSSR count). The average Bonchev–Trinajstić information content (AvgIpc) is 3.51. The van der Waals surface area contributed by atoms with E-state index in [1.165, 1.54) is 12.8 Å². The zero-order valence-electron chi connectivity index (χ0n) is 16.5. The van der Waals surface area contributed by atoms with Gasteiger partial charge in [-0.2, -0.15) is 0 Å². The number of hydrogen-bond acceptors (Lipinski definition) is 4. The van der Waals surface area contributed by atoms with E-state index in [-0.39, 0.29) is 11.9 Å². The van der Waals surface area contributed by atoms with E-state index in [0.717, 1.165) is 33.6 Å². The fourth-order valence-corrected chi connectivity index (χ4v) is 3.35. The number of benzene rings is 2. The first kappa shape index (κ1) is 18.5. The lowest BCUT2D eigenvalue weighted by atomic mass is 10.1. The maximum atomic E-state index is 14.5. The van der Waals surface area contributed by atoms with Crippen molar-refractivity contribution in [2.45, 2.75) is 32.7 Å². The summed E-state index contributed by atoms with van der Waals surface area (Å²) in [6.07, 6.45) is 2.37. The van der Waals surface area contributed by atoms with E-state index >= 15 is 0 Å². The summed E-state index contributed by atoms with van der Waals surface area (Å²) in [5, 5.41) is 4.47. The van der Waals surface area contributed by atoms with E-state index in [1.807, 2.05) is 44.2 Å². The number of aromatic nitrogens is 1. The molecule has 5 heteroatoms. The molecule has 1 fully saturated rings. The molecule has 0 bridgehead atoms. The summed E-state index contributed by atoms with van der Waals surface area (Å²) in [5.74, 6) is 1.35. The molecule has 1 aromatic heterocycles. The Labute approximate surface area is 164 Å². The summed E-state index contributed by atoms with van der Waals surface area (Å²) in [7, 11) is 1.64. The van der Waals surface area contributed by atoms with Gasteiger partial charge in [0, 0.05) is 22.8 Å². The van der Waals surface area contributed by atoms with Crippen molar-refractivity contribution in [2.75, 3.05) is 19.0 Å². The van der Waals surface area contributed by atoms with E-state index in [0.29, 0.717) is 18.3 Å². The first-order valence-corrected chi connectivity index (χ1v) is 9.68. The van der Waals surface area contributed by atoms with Crippen LogP contribution in [0.25, 0.3) is 10.9 Å². The summed E-state index contributed by atoms with van der Waals surface area (Å²) < 4.78 is 25.5. The monoisotopic (exact) mass is 380 g/mol. The largest absolute Gasteiger partial charge is 0.494 e. The van der Waals surface area contributed by atoms with Gasteiger partial charge in [-0.3, -0.25) is 0 Å². The molecular weight excluding hydrogens is 355 g/mol. The summed E-state index contributed by atoms with van der Waals surface area (Å²) in [6.45, 7) is 4.57. The number of nitrogens with zero attached hydrogens (tertiary/aromatic N) is 1. The van der Waals surface area contributed by atoms with Crippen LogP contribution >= 0.6 is 0 Å². The molecule has 1 atom stereocenters. The van der Waals surface area contributed by atoms with Gasteiger partial charge in [0.2, 0.25) is 0 Å². The molecule has 1 aliphatic rings. The summed E-state index contributed by atoms with van der Waals surface area (Å²) >= 11 is 0. The first-order chi connectivity index (χ1) is 13.5. The van der Waals surface area contributed by atoms with Crippen LogP contribution in [0.5, 0.6) is 11.5 Å². The molecule has 4 nitrogen and oxygen atoms in total. The van der Waals surface area contributed by atoms with E-state index < -0.39 is 0 Å². The van der Waals surface area contributed by atoms with Crippen molar-refractivity contribution in [3.05, 3.63) is 59.5 Å². The highest BCUT2D eigenvalue weighted by Crippen LogP contribution is 2.33. The van der Waals surface area contributed by atoms with E-state index in [9.17, 15) is 4.39 Å². The van der Waals surface area contributed by atoms with Crippen molar-refractivity contribution in [3.8, 4) is 11.5 Å². The molecule has 28 heavy (non-hydrogen) atoms. The molecule has 0 spiro atoms. The van der Waals surface area contributed by atoms with Crippen molar-refractivity contribution < 1.29 is 13.9 Å². The van der Waals surface area contributed by atoms with E-state index in [4.69, 9.17) is 9.47 Å². The van der Waals surface area contributed by atoms with Gasteiger partial charge in [-0.1, -0.05) is 18.2 Å². The zero-order valence-corrected chi connectivity index (χ0v) is 16.5. The third kappa shape index (κ3) is 3.88. The molecule has 3 aromatic rings. The van der Waals surface area contributed by atoms with Gasteiger partial charge in [0.1, 0.15) is 11.3 Å². The van der Waals surface area contributed by atoms with Crippen LogP contribution in [0.2, 0.25) is 0 Å². The van der Waals surface area contributed by atoms with Crippen molar-refractivity contribution >= 4 is 16.6 Å². The Morgan fingerprint density at radius 1 is 1.18 bits per heavy atom. The van der Waals surface area contributed by atoms with Crippen molar-refractivity contribution in [2.24, 2.45) is 5.92 Å². The fourth-order valence-electron chi connectivity index (χ4n) is 3.35. The highest BCUT2D eigenvalue weighted by molar-refractivity contribution is 5.95. The number of fused-ring (bicyclic) bond motifs is 1. The summed E-state index contributed by atoms with van der Waals surface area (Å²) in [4.78, 5) is 4.61. The predicted molar refractivity (Wildman–Crippen MR) is 110 cm³/mol. The van der Waals surface area contributed by atoms with Gasteiger partial charge in [-0.15, -0.1) is 0 Å². The maximum absolute atomic E-state index is 14.5. The van der Waals surface area contributed by atoms with Crippen LogP contribution < -0.4 is 14.8 Å². The van der Waals surface area contributed by atoms with Gasteiger partial charge in [0.15, 0.2) is 11.6 Å². The minimum absolute atomic E-state index is 0.0804. The Morgan fingerprint density at radius 3 is 2.71 bits per heavy atom. The first-order valence-electron chi connectivity index (χ1n) is 9.68. The molecule has 0 radical (unpaired) electrons. The van der Waals surface area contributed by atoms with Crippen molar-refractivity contribution in [1.29, 1.82) is 0 Å². The Balaban J connectivity index is 1.58. The van der Waals surface area contributed by atoms with Gasteiger partial charge in [0.25, 0.3) is 0 Å². The van der Waals surface area contributed by atoms with Crippen LogP contribution in [-0.4, -0.2) is 18.7 Å². The topological polar surface area (TPSA) is 43.4 Å². The standard InChI is InChI=1S/C23H25FN2O2/c1-14-11-20(18-5-4-6-22(27-3)23(18)25-14)26-15(2)17-9-10-21(19(24)12-17)28-13-16-7-8-16/h4-6,9-12,15-16H,7-8,13H2,1-3H3,(H,25,26). The van der Waals surface area contributed by atoms with Gasteiger partial charge >= 0.3 is 0 Å². The zero-order chi connectivity index (χ0) is 19.7. The van der Waals surface area contributed by atoms with E-state index in [1.54, 1.807) is 19.2 Å². The smallest absolute Gasteiger partial charge is 0.165 e. The minimum Gasteiger partial charge on any atom is -0.494 e. The normalized spacial score (nSPS) is 14.7. The molecule has 146 valence electrons. The number of anilines is 1. The average molecular weight is 380 g/mol. The lowest BCUT2D eigenvalue weighted by Gasteiger charge is -2.19. The van der Waals surface area contributed by atoms with Gasteiger partial charge in [0.05, 0.1) is 13.7 Å². The van der Waals surface area contributed by atoms with Crippen LogP contribution in [-0.2, 0) is 0 Å². The van der Waals surface area contributed by atoms with Crippen LogP contribution in [0, 0.1) is 18.7 Å². The van der Waals surface area contributed by atoms with E-state index in [2.05, 4.69) is 10.3 Å². The Kier molecular flexibility index (Phi) is 5.07. The van der Waals surface area contributed by atoms with Crippen molar-refractivity contribution in [1.82, 2.24) is 4.98 Å². The van der Waals surface area contributed by atoms with Crippen LogP contribution in [0.4, 0.5) is 10.1 Å². The lowest BCUT2D eigenvalue weighted by Crippen LogP contribution is -2.09. The quantitative estimate of drug-likeness (QED) is 0.575. The van der Waals surface area contributed by atoms with Gasteiger partial charge < -0.3 is 14.8 Å². The third-order valence-electron chi connectivity index (χ3n) is 5.15. The number of aryl methyl sites for hydroxylation is 1. The number of hydrogen-bond donors (Lipinski definition) is 1. The highest BCUT2D eigenvalue weighted by atomic mass is 19.1. The maximum Gasteiger partial charge on any atom is 0.165 e. The molecule has 2 aromatic carbocycles. The number of nitrogens with one attached hydrogen (secondary N) is 1. The SMILES string of the molecule is COc1cccc2c(NC(C)c3ccc(OCC4CC4)c(F)c3)cc(C)nc12. The number of halogens is 1. The predicted octanol–water partition coefficient (Wildman–Crippen LogP) is 5.65. The number of ether oxygens (including phenoxy) is 2. The van der Waals surface area contributed by atoms with Gasteiger partial charge in [-0.05, 0) is 62.4 Å². The second kappa shape index (κ2) is 7.66. The second-order valence-corrected chi connectivity index (χ2v) is 7.48. The third-order valence-corrected chi connectivity index (χ3v) is 5.15. The Hall–Kier alpha value is -2.82. The summed E-state index contributed by atoms with van der Waals surface area (Å²) in [5.41, 5.74) is 3.52. The molecule has 1 N–H and O–H groups in total. The van der Waals surface area contributed by atoms with Crippen LogP contribution in [0.3, 0.4) is 0 Å². The summed E-state index contributed by atoms with van der Waals surface area (Å²) in [6, 6.07) is 13.0. The van der Waals surface area contributed by atoms with Crippen LogP contribution in [0.1, 0.15) is 37.1 Å². The molecule has 0 aliphatic heterocycles. The molecule has 0 amide bonds. The lowest BCUT2D eigenvalue weighted by molar-refractivity contribution is 0.285. The molecule has 1 heterocycles. The molecule has 1 aliphatic carbocycles. The molecule has 0 saturated heterocycles.